The molecule has 1 N–H and O–H groups in total. The van der Waals surface area contributed by atoms with Gasteiger partial charge < -0.3 is 10.2 Å². The first-order chi connectivity index (χ1) is 14.9. The first-order valence-electron chi connectivity index (χ1n) is 10.9. The molecule has 1 atom stereocenters. The molecule has 166 valence electrons. The summed E-state index contributed by atoms with van der Waals surface area (Å²) in [7, 11) is 0. The molecule has 1 fully saturated rings. The third-order valence-corrected chi connectivity index (χ3v) is 6.70. The van der Waals surface area contributed by atoms with E-state index in [1.807, 2.05) is 19.1 Å². The van der Waals surface area contributed by atoms with E-state index in [4.69, 9.17) is 0 Å². The molecule has 1 aliphatic rings. The number of amides is 2. The van der Waals surface area contributed by atoms with Crippen molar-refractivity contribution < 1.29 is 14.0 Å². The van der Waals surface area contributed by atoms with Crippen LogP contribution in [0, 0.1) is 12.7 Å². The molecule has 0 heterocycles. The number of rotatable bonds is 9. The highest BCUT2D eigenvalue weighted by molar-refractivity contribution is 7.99. The van der Waals surface area contributed by atoms with Gasteiger partial charge in [-0.2, -0.15) is 0 Å². The Morgan fingerprint density at radius 1 is 1.13 bits per heavy atom. The number of hydrogen-bond acceptors (Lipinski definition) is 3. The summed E-state index contributed by atoms with van der Waals surface area (Å²) in [6, 6.07) is 13.9. The molecule has 0 saturated heterocycles. The van der Waals surface area contributed by atoms with E-state index in [9.17, 15) is 14.0 Å². The molecule has 0 aliphatic heterocycles. The molecular formula is C25H31FN2O2S. The number of nitrogens with one attached hydrogen (secondary N) is 1. The number of aryl methyl sites for hydroxylation is 1. The number of carbonyl (C=O) groups excluding carboxylic acids is 2. The fraction of sp³-hybridized carbons (Fsp3) is 0.440. The van der Waals surface area contributed by atoms with Gasteiger partial charge in [0, 0.05) is 18.3 Å². The fourth-order valence-corrected chi connectivity index (χ4v) is 4.76. The van der Waals surface area contributed by atoms with Gasteiger partial charge in [-0.15, -0.1) is 11.8 Å². The maximum atomic E-state index is 13.3. The molecule has 2 aromatic rings. The maximum absolute atomic E-state index is 13.3. The average molecular weight is 443 g/mol. The average Bonchev–Trinajstić information content (AvgIpc) is 3.26. The molecule has 2 aromatic carbocycles. The summed E-state index contributed by atoms with van der Waals surface area (Å²) in [5.74, 6) is 0.501. The molecule has 1 aliphatic carbocycles. The normalized spacial score (nSPS) is 14.9. The topological polar surface area (TPSA) is 49.4 Å². The fourth-order valence-electron chi connectivity index (χ4n) is 3.90. The Morgan fingerprint density at radius 3 is 2.52 bits per heavy atom. The number of thioether (sulfide) groups is 1. The highest BCUT2D eigenvalue weighted by Crippen LogP contribution is 2.20. The Bertz CT molecular complexity index is 881. The Hall–Kier alpha value is -2.34. The zero-order chi connectivity index (χ0) is 22.2. The molecule has 0 bridgehead atoms. The molecule has 0 unspecified atom stereocenters. The highest BCUT2D eigenvalue weighted by atomic mass is 32.2. The number of nitrogens with zero attached hydrogens (tertiary/aromatic N) is 1. The van der Waals surface area contributed by atoms with Crippen LogP contribution in [-0.2, 0) is 21.9 Å². The SMILES string of the molecule is Cc1cccc(CSCC(=O)N(Cc2ccc(F)cc2)[C@@H](C)C(=O)NC2CCCC2)c1. The first kappa shape index (κ1) is 23.3. The summed E-state index contributed by atoms with van der Waals surface area (Å²) in [5.41, 5.74) is 3.17. The van der Waals surface area contributed by atoms with Crippen molar-refractivity contribution in [2.75, 3.05) is 5.75 Å². The summed E-state index contributed by atoms with van der Waals surface area (Å²) in [6.07, 6.45) is 4.26. The molecule has 0 radical (unpaired) electrons. The van der Waals surface area contributed by atoms with E-state index in [2.05, 4.69) is 17.4 Å². The van der Waals surface area contributed by atoms with E-state index in [0.29, 0.717) is 0 Å². The van der Waals surface area contributed by atoms with Crippen LogP contribution >= 0.6 is 11.8 Å². The predicted molar refractivity (Wildman–Crippen MR) is 124 cm³/mol. The zero-order valence-electron chi connectivity index (χ0n) is 18.3. The van der Waals surface area contributed by atoms with Crippen molar-refractivity contribution in [3.8, 4) is 0 Å². The summed E-state index contributed by atoms with van der Waals surface area (Å²) < 4.78 is 13.3. The minimum atomic E-state index is -0.585. The smallest absolute Gasteiger partial charge is 0.242 e. The van der Waals surface area contributed by atoms with Crippen LogP contribution in [0.2, 0.25) is 0 Å². The zero-order valence-corrected chi connectivity index (χ0v) is 19.1. The quantitative estimate of drug-likeness (QED) is 0.604. The number of halogens is 1. The maximum Gasteiger partial charge on any atom is 0.242 e. The second-order valence-electron chi connectivity index (χ2n) is 8.30. The summed E-state index contributed by atoms with van der Waals surface area (Å²) >= 11 is 1.54. The summed E-state index contributed by atoms with van der Waals surface area (Å²) in [4.78, 5) is 27.6. The van der Waals surface area contributed by atoms with Crippen molar-refractivity contribution in [1.82, 2.24) is 10.2 Å². The Balaban J connectivity index is 1.64. The van der Waals surface area contributed by atoms with Gasteiger partial charge in [-0.25, -0.2) is 4.39 Å². The second-order valence-corrected chi connectivity index (χ2v) is 9.28. The lowest BCUT2D eigenvalue weighted by Gasteiger charge is -2.29. The first-order valence-corrected chi connectivity index (χ1v) is 12.1. The minimum absolute atomic E-state index is 0.0870. The Labute approximate surface area is 188 Å². The van der Waals surface area contributed by atoms with Crippen molar-refractivity contribution in [3.63, 3.8) is 0 Å². The van der Waals surface area contributed by atoms with E-state index in [1.54, 1.807) is 35.7 Å². The van der Waals surface area contributed by atoms with Crippen LogP contribution in [0.3, 0.4) is 0 Å². The van der Waals surface area contributed by atoms with Crippen LogP contribution in [0.4, 0.5) is 4.39 Å². The van der Waals surface area contributed by atoms with Crippen LogP contribution in [0.15, 0.2) is 48.5 Å². The third-order valence-electron chi connectivity index (χ3n) is 5.71. The van der Waals surface area contributed by atoms with Crippen LogP contribution in [0.1, 0.15) is 49.3 Å². The van der Waals surface area contributed by atoms with Crippen LogP contribution in [0.5, 0.6) is 0 Å². The number of carbonyl (C=O) groups is 2. The van der Waals surface area contributed by atoms with Gasteiger partial charge in [-0.05, 0) is 49.9 Å². The van der Waals surface area contributed by atoms with Gasteiger partial charge in [-0.3, -0.25) is 9.59 Å². The summed E-state index contributed by atoms with van der Waals surface area (Å²) in [6.45, 7) is 4.11. The van der Waals surface area contributed by atoms with E-state index in [0.717, 1.165) is 37.0 Å². The van der Waals surface area contributed by atoms with Crippen molar-refractivity contribution in [1.29, 1.82) is 0 Å². The van der Waals surface area contributed by atoms with Crippen LogP contribution < -0.4 is 5.32 Å². The van der Waals surface area contributed by atoms with Crippen LogP contribution in [0.25, 0.3) is 0 Å². The third kappa shape index (κ3) is 7.10. The second kappa shape index (κ2) is 11.3. The van der Waals surface area contributed by atoms with E-state index >= 15 is 0 Å². The molecule has 3 rings (SSSR count). The molecule has 4 nitrogen and oxygen atoms in total. The Kier molecular flexibility index (Phi) is 8.52. The highest BCUT2D eigenvalue weighted by Gasteiger charge is 2.28. The van der Waals surface area contributed by atoms with E-state index < -0.39 is 6.04 Å². The predicted octanol–water partition coefficient (Wildman–Crippen LogP) is 4.84. The van der Waals surface area contributed by atoms with Gasteiger partial charge in [0.25, 0.3) is 0 Å². The van der Waals surface area contributed by atoms with Gasteiger partial charge in [0.2, 0.25) is 11.8 Å². The molecule has 31 heavy (non-hydrogen) atoms. The molecule has 2 amide bonds. The van der Waals surface area contributed by atoms with Crippen LogP contribution in [-0.4, -0.2) is 34.6 Å². The van der Waals surface area contributed by atoms with Gasteiger partial charge >= 0.3 is 0 Å². The molecule has 6 heteroatoms. The van der Waals surface area contributed by atoms with Gasteiger partial charge in [0.1, 0.15) is 11.9 Å². The van der Waals surface area contributed by atoms with E-state index in [-0.39, 0.29) is 36.0 Å². The summed E-state index contributed by atoms with van der Waals surface area (Å²) in [5, 5.41) is 3.10. The van der Waals surface area contributed by atoms with Crippen molar-refractivity contribution in [2.24, 2.45) is 0 Å². The lowest BCUT2D eigenvalue weighted by Crippen LogP contribution is -2.50. The van der Waals surface area contributed by atoms with Crippen molar-refractivity contribution in [2.45, 2.75) is 63.9 Å². The van der Waals surface area contributed by atoms with Gasteiger partial charge in [-0.1, -0.05) is 54.8 Å². The van der Waals surface area contributed by atoms with E-state index in [1.165, 1.54) is 23.3 Å². The lowest BCUT2D eigenvalue weighted by molar-refractivity contribution is -0.138. The number of benzene rings is 2. The standard InChI is InChI=1S/C25H31FN2O2S/c1-18-6-5-7-21(14-18)16-31-17-24(29)28(15-20-10-12-22(26)13-11-20)19(2)25(30)27-23-8-3-4-9-23/h5-7,10-14,19,23H,3-4,8-9,15-17H2,1-2H3,(H,27,30)/t19-/m0/s1. The Morgan fingerprint density at radius 2 is 1.84 bits per heavy atom. The molecule has 0 aromatic heterocycles. The lowest BCUT2D eigenvalue weighted by atomic mass is 10.1. The minimum Gasteiger partial charge on any atom is -0.352 e. The molecule has 1 saturated carbocycles. The van der Waals surface area contributed by atoms with Crippen molar-refractivity contribution >= 4 is 23.6 Å². The molecular weight excluding hydrogens is 411 g/mol. The number of hydrogen-bond donors (Lipinski definition) is 1. The monoisotopic (exact) mass is 442 g/mol. The van der Waals surface area contributed by atoms with Crippen molar-refractivity contribution in [3.05, 3.63) is 71.0 Å². The van der Waals surface area contributed by atoms with Gasteiger partial charge in [0.05, 0.1) is 5.75 Å². The van der Waals surface area contributed by atoms with Gasteiger partial charge in [0.15, 0.2) is 0 Å². The molecule has 0 spiro atoms. The largest absolute Gasteiger partial charge is 0.352 e.